The Bertz CT molecular complexity index is 457. The maximum absolute atomic E-state index is 4.70. The van der Waals surface area contributed by atoms with Gasteiger partial charge in [0.2, 0.25) is 17.8 Å². The molecule has 1 aromatic rings. The van der Waals surface area contributed by atoms with Gasteiger partial charge in [0.25, 0.3) is 0 Å². The fourth-order valence-corrected chi connectivity index (χ4v) is 2.91. The Kier molecular flexibility index (Phi) is 3.89. The van der Waals surface area contributed by atoms with Crippen LogP contribution in [0, 0.1) is 5.92 Å². The number of nitrogens with one attached hydrogen (secondary N) is 1. The summed E-state index contributed by atoms with van der Waals surface area (Å²) in [5.41, 5.74) is 0. The summed E-state index contributed by atoms with van der Waals surface area (Å²) in [5, 5.41) is 3.23. The van der Waals surface area contributed by atoms with E-state index in [4.69, 9.17) is 4.98 Å². The lowest BCUT2D eigenvalue weighted by molar-refractivity contribution is 0.658. The van der Waals surface area contributed by atoms with Crippen LogP contribution in [-0.4, -0.2) is 47.7 Å². The van der Waals surface area contributed by atoms with Gasteiger partial charge in [-0.25, -0.2) is 0 Å². The summed E-state index contributed by atoms with van der Waals surface area (Å²) in [6.07, 6.45) is 3.69. The van der Waals surface area contributed by atoms with E-state index >= 15 is 0 Å². The Morgan fingerprint density at radius 3 is 2.35 bits per heavy atom. The molecule has 6 nitrogen and oxygen atoms in total. The Morgan fingerprint density at radius 1 is 1.05 bits per heavy atom. The van der Waals surface area contributed by atoms with Crippen LogP contribution in [0.1, 0.15) is 33.1 Å². The largest absolute Gasteiger partial charge is 0.354 e. The predicted molar refractivity (Wildman–Crippen MR) is 81.4 cm³/mol. The number of rotatable bonds is 4. The molecule has 2 aliphatic rings. The van der Waals surface area contributed by atoms with Gasteiger partial charge in [-0.1, -0.05) is 6.92 Å². The van der Waals surface area contributed by atoms with Crippen LogP contribution in [0.25, 0.3) is 0 Å². The molecule has 0 spiro atoms. The molecule has 1 N–H and O–H groups in total. The molecule has 1 atom stereocenters. The zero-order chi connectivity index (χ0) is 13.9. The minimum absolute atomic E-state index is 0.707. The molecule has 0 radical (unpaired) electrons. The van der Waals surface area contributed by atoms with E-state index in [1.54, 1.807) is 0 Å². The minimum atomic E-state index is 0.707. The normalized spacial score (nSPS) is 22.6. The highest BCUT2D eigenvalue weighted by molar-refractivity contribution is 5.46. The number of aromatic nitrogens is 3. The molecule has 2 aliphatic heterocycles. The standard InChI is InChI=1S/C14H24N6/c1-3-15-12-16-13(19-7-4-5-8-19)18-14(17-12)20-9-6-11(2)10-20/h11H,3-10H2,1-2H3,(H,15,16,17,18). The van der Waals surface area contributed by atoms with Gasteiger partial charge >= 0.3 is 0 Å². The van der Waals surface area contributed by atoms with Crippen molar-refractivity contribution in [1.82, 2.24) is 15.0 Å². The Labute approximate surface area is 120 Å². The van der Waals surface area contributed by atoms with E-state index in [2.05, 4.69) is 38.9 Å². The zero-order valence-electron chi connectivity index (χ0n) is 12.5. The quantitative estimate of drug-likeness (QED) is 0.904. The van der Waals surface area contributed by atoms with Gasteiger partial charge in [0.1, 0.15) is 0 Å². The fraction of sp³-hybridized carbons (Fsp3) is 0.786. The molecular weight excluding hydrogens is 252 g/mol. The highest BCUT2D eigenvalue weighted by Gasteiger charge is 2.24. The average molecular weight is 276 g/mol. The topological polar surface area (TPSA) is 57.2 Å². The molecule has 110 valence electrons. The first-order valence-electron chi connectivity index (χ1n) is 7.76. The molecule has 6 heteroatoms. The molecule has 0 saturated carbocycles. The molecule has 2 saturated heterocycles. The molecule has 1 unspecified atom stereocenters. The second kappa shape index (κ2) is 5.81. The van der Waals surface area contributed by atoms with Gasteiger partial charge in [-0.15, -0.1) is 0 Å². The third-order valence-electron chi connectivity index (χ3n) is 4.04. The maximum atomic E-state index is 4.70. The highest BCUT2D eigenvalue weighted by Crippen LogP contribution is 2.24. The summed E-state index contributed by atoms with van der Waals surface area (Å²) in [6, 6.07) is 0. The molecule has 0 aliphatic carbocycles. The SMILES string of the molecule is CCNc1nc(N2CCCC2)nc(N2CCC(C)C2)n1. The van der Waals surface area contributed by atoms with Gasteiger partial charge in [-0.2, -0.15) is 15.0 Å². The third-order valence-corrected chi connectivity index (χ3v) is 4.04. The van der Waals surface area contributed by atoms with Gasteiger partial charge in [-0.3, -0.25) is 0 Å². The van der Waals surface area contributed by atoms with E-state index in [0.717, 1.165) is 50.5 Å². The lowest BCUT2D eigenvalue weighted by Crippen LogP contribution is -2.26. The van der Waals surface area contributed by atoms with Crippen molar-refractivity contribution in [3.63, 3.8) is 0 Å². The van der Waals surface area contributed by atoms with Gasteiger partial charge in [0.05, 0.1) is 0 Å². The van der Waals surface area contributed by atoms with Gasteiger partial charge in [-0.05, 0) is 32.1 Å². The second-order valence-corrected chi connectivity index (χ2v) is 5.82. The lowest BCUT2D eigenvalue weighted by atomic mass is 10.2. The first-order chi connectivity index (χ1) is 9.76. The van der Waals surface area contributed by atoms with Crippen LogP contribution in [-0.2, 0) is 0 Å². The third kappa shape index (κ3) is 2.78. The van der Waals surface area contributed by atoms with Crippen LogP contribution in [0.5, 0.6) is 0 Å². The van der Waals surface area contributed by atoms with Crippen molar-refractivity contribution in [2.45, 2.75) is 33.1 Å². The second-order valence-electron chi connectivity index (χ2n) is 5.82. The van der Waals surface area contributed by atoms with Crippen LogP contribution in [0.15, 0.2) is 0 Å². The molecule has 2 fully saturated rings. The summed E-state index contributed by atoms with van der Waals surface area (Å²) in [6.45, 7) is 9.41. The zero-order valence-corrected chi connectivity index (χ0v) is 12.5. The van der Waals surface area contributed by atoms with E-state index in [0.29, 0.717) is 5.95 Å². The van der Waals surface area contributed by atoms with Crippen molar-refractivity contribution in [2.75, 3.05) is 47.8 Å². The highest BCUT2D eigenvalue weighted by atomic mass is 15.4. The molecule has 0 amide bonds. The van der Waals surface area contributed by atoms with Gasteiger partial charge < -0.3 is 15.1 Å². The van der Waals surface area contributed by atoms with Crippen molar-refractivity contribution in [1.29, 1.82) is 0 Å². The Morgan fingerprint density at radius 2 is 1.75 bits per heavy atom. The summed E-state index contributed by atoms with van der Waals surface area (Å²) in [5.74, 6) is 3.11. The van der Waals surface area contributed by atoms with Crippen LogP contribution >= 0.6 is 0 Å². The molecule has 3 rings (SSSR count). The predicted octanol–water partition coefficient (Wildman–Crippen LogP) is 1.75. The van der Waals surface area contributed by atoms with E-state index < -0.39 is 0 Å². The monoisotopic (exact) mass is 276 g/mol. The molecule has 3 heterocycles. The van der Waals surface area contributed by atoms with E-state index in [-0.39, 0.29) is 0 Å². The number of nitrogens with zero attached hydrogens (tertiary/aromatic N) is 5. The van der Waals surface area contributed by atoms with E-state index in [1.807, 2.05) is 0 Å². The molecule has 1 aromatic heterocycles. The number of anilines is 3. The van der Waals surface area contributed by atoms with Crippen molar-refractivity contribution in [3.05, 3.63) is 0 Å². The molecule has 20 heavy (non-hydrogen) atoms. The number of hydrogen-bond acceptors (Lipinski definition) is 6. The van der Waals surface area contributed by atoms with E-state index in [9.17, 15) is 0 Å². The average Bonchev–Trinajstić information content (AvgIpc) is 3.09. The summed E-state index contributed by atoms with van der Waals surface area (Å²) < 4.78 is 0. The van der Waals surface area contributed by atoms with Crippen molar-refractivity contribution in [2.24, 2.45) is 5.92 Å². The Balaban J connectivity index is 1.87. The molecular formula is C14H24N6. The summed E-state index contributed by atoms with van der Waals surface area (Å²) >= 11 is 0. The van der Waals surface area contributed by atoms with Gasteiger partial charge in [0, 0.05) is 32.7 Å². The summed E-state index contributed by atoms with van der Waals surface area (Å²) in [7, 11) is 0. The first kappa shape index (κ1) is 13.4. The van der Waals surface area contributed by atoms with E-state index in [1.165, 1.54) is 19.3 Å². The maximum Gasteiger partial charge on any atom is 0.231 e. The molecule has 0 aromatic carbocycles. The molecule has 0 bridgehead atoms. The smallest absolute Gasteiger partial charge is 0.231 e. The van der Waals surface area contributed by atoms with Gasteiger partial charge in [0.15, 0.2) is 0 Å². The number of hydrogen-bond donors (Lipinski definition) is 1. The van der Waals surface area contributed by atoms with Crippen LogP contribution < -0.4 is 15.1 Å². The van der Waals surface area contributed by atoms with Crippen LogP contribution in [0.3, 0.4) is 0 Å². The lowest BCUT2D eigenvalue weighted by Gasteiger charge is -2.20. The first-order valence-corrected chi connectivity index (χ1v) is 7.76. The van der Waals surface area contributed by atoms with Crippen LogP contribution in [0.4, 0.5) is 17.8 Å². The minimum Gasteiger partial charge on any atom is -0.354 e. The summed E-state index contributed by atoms with van der Waals surface area (Å²) in [4.78, 5) is 18.4. The Hall–Kier alpha value is -1.59. The van der Waals surface area contributed by atoms with Crippen molar-refractivity contribution in [3.8, 4) is 0 Å². The van der Waals surface area contributed by atoms with Crippen molar-refractivity contribution >= 4 is 17.8 Å². The van der Waals surface area contributed by atoms with Crippen LogP contribution in [0.2, 0.25) is 0 Å². The fourth-order valence-electron chi connectivity index (χ4n) is 2.91. The van der Waals surface area contributed by atoms with Crippen molar-refractivity contribution < 1.29 is 0 Å².